The maximum Gasteiger partial charge on any atom is 0.293 e. The Kier molecular flexibility index (Phi) is 4.16. The number of halogens is 1. The highest BCUT2D eigenvalue weighted by molar-refractivity contribution is 8.18. The molecule has 0 saturated carbocycles. The lowest BCUT2D eigenvalue weighted by molar-refractivity contribution is -0.122. The van der Waals surface area contributed by atoms with Gasteiger partial charge in [0.05, 0.1) is 4.91 Å². The highest BCUT2D eigenvalue weighted by atomic mass is 32.2. The summed E-state index contributed by atoms with van der Waals surface area (Å²) in [5, 5.41) is -0.335. The summed E-state index contributed by atoms with van der Waals surface area (Å²) < 4.78 is 18.9. The lowest BCUT2D eigenvalue weighted by Gasteiger charge is -2.07. The van der Waals surface area contributed by atoms with Crippen LogP contribution in [0.1, 0.15) is 5.76 Å². The van der Waals surface area contributed by atoms with Crippen LogP contribution in [0.25, 0.3) is 17.4 Å². The first kappa shape index (κ1) is 15.3. The number of benzene rings is 1. The van der Waals surface area contributed by atoms with Gasteiger partial charge in [-0.25, -0.2) is 4.39 Å². The first-order valence-electron chi connectivity index (χ1n) is 6.80. The number of furan rings is 1. The highest BCUT2D eigenvalue weighted by Gasteiger charge is 2.34. The van der Waals surface area contributed by atoms with Gasteiger partial charge in [0, 0.05) is 18.2 Å². The number of amides is 2. The Morgan fingerprint density at radius 3 is 2.83 bits per heavy atom. The first-order chi connectivity index (χ1) is 11.1. The van der Waals surface area contributed by atoms with Crippen LogP contribution in [0.4, 0.5) is 9.18 Å². The number of imide groups is 1. The van der Waals surface area contributed by atoms with Crippen molar-refractivity contribution in [2.75, 3.05) is 6.54 Å². The molecule has 0 unspecified atom stereocenters. The Balaban J connectivity index is 1.85. The largest absolute Gasteiger partial charge is 0.457 e. The molecule has 2 heterocycles. The third-order valence-electron chi connectivity index (χ3n) is 3.19. The summed E-state index contributed by atoms with van der Waals surface area (Å²) in [6, 6.07) is 9.39. The van der Waals surface area contributed by atoms with Crippen LogP contribution >= 0.6 is 11.8 Å². The fraction of sp³-hybridized carbons (Fsp3) is 0.0588. The SMILES string of the molecule is C=CCN1C(=O)S/C(=C\c2ccc(-c3cccc(F)c3)o2)C1=O. The van der Waals surface area contributed by atoms with Crippen LogP contribution in [0.5, 0.6) is 0 Å². The van der Waals surface area contributed by atoms with E-state index in [1.807, 2.05) is 0 Å². The summed E-state index contributed by atoms with van der Waals surface area (Å²) in [6.07, 6.45) is 3.00. The van der Waals surface area contributed by atoms with E-state index in [0.29, 0.717) is 17.1 Å². The zero-order chi connectivity index (χ0) is 16.4. The van der Waals surface area contributed by atoms with Crippen molar-refractivity contribution >= 4 is 29.0 Å². The van der Waals surface area contributed by atoms with Crippen molar-refractivity contribution in [2.24, 2.45) is 0 Å². The van der Waals surface area contributed by atoms with Crippen molar-refractivity contribution in [3.05, 3.63) is 65.5 Å². The molecule has 0 bridgehead atoms. The molecule has 0 aliphatic carbocycles. The van der Waals surface area contributed by atoms with Crippen molar-refractivity contribution in [1.82, 2.24) is 4.90 Å². The molecule has 1 aromatic heterocycles. The second-order valence-electron chi connectivity index (χ2n) is 4.79. The number of carbonyl (C=O) groups is 2. The average Bonchev–Trinajstić information content (AvgIpc) is 3.09. The molecule has 0 radical (unpaired) electrons. The summed E-state index contributed by atoms with van der Waals surface area (Å²) in [5.74, 6) is 0.184. The molecule has 3 rings (SSSR count). The van der Waals surface area contributed by atoms with E-state index in [9.17, 15) is 14.0 Å². The summed E-state index contributed by atoms with van der Waals surface area (Å²) in [6.45, 7) is 3.70. The van der Waals surface area contributed by atoms with E-state index in [4.69, 9.17) is 4.42 Å². The maximum absolute atomic E-state index is 13.2. The highest BCUT2D eigenvalue weighted by Crippen LogP contribution is 2.33. The van der Waals surface area contributed by atoms with E-state index < -0.39 is 0 Å². The van der Waals surface area contributed by atoms with Gasteiger partial charge in [0.1, 0.15) is 17.3 Å². The van der Waals surface area contributed by atoms with Crippen LogP contribution < -0.4 is 0 Å². The summed E-state index contributed by atoms with van der Waals surface area (Å²) in [5.41, 5.74) is 0.601. The fourth-order valence-corrected chi connectivity index (χ4v) is 2.97. The van der Waals surface area contributed by atoms with Crippen LogP contribution in [-0.4, -0.2) is 22.6 Å². The fourth-order valence-electron chi connectivity index (χ4n) is 2.14. The average molecular weight is 329 g/mol. The van der Waals surface area contributed by atoms with E-state index >= 15 is 0 Å². The number of thioether (sulfide) groups is 1. The minimum atomic E-state index is -0.372. The molecule has 2 aromatic rings. The van der Waals surface area contributed by atoms with Crippen molar-refractivity contribution in [2.45, 2.75) is 0 Å². The van der Waals surface area contributed by atoms with Gasteiger partial charge in [-0.1, -0.05) is 18.2 Å². The molecule has 0 spiro atoms. The Labute approximate surface area is 136 Å². The normalized spacial score (nSPS) is 16.4. The maximum atomic E-state index is 13.2. The molecule has 6 heteroatoms. The van der Waals surface area contributed by atoms with Gasteiger partial charge in [0.2, 0.25) is 0 Å². The van der Waals surface area contributed by atoms with Crippen LogP contribution in [0, 0.1) is 5.82 Å². The molecule has 1 saturated heterocycles. The van der Waals surface area contributed by atoms with E-state index in [2.05, 4.69) is 6.58 Å². The van der Waals surface area contributed by atoms with E-state index in [-0.39, 0.29) is 28.4 Å². The molecule has 4 nitrogen and oxygen atoms in total. The minimum Gasteiger partial charge on any atom is -0.457 e. The molecular formula is C17H12FNO3S. The number of hydrogen-bond acceptors (Lipinski definition) is 4. The molecule has 2 amide bonds. The summed E-state index contributed by atoms with van der Waals surface area (Å²) in [7, 11) is 0. The number of hydrogen-bond donors (Lipinski definition) is 0. The molecule has 1 aromatic carbocycles. The van der Waals surface area contributed by atoms with Crippen LogP contribution in [0.15, 0.2) is 58.4 Å². The van der Waals surface area contributed by atoms with Gasteiger partial charge in [0.15, 0.2) is 0 Å². The Hall–Kier alpha value is -2.60. The lowest BCUT2D eigenvalue weighted by atomic mass is 10.2. The van der Waals surface area contributed by atoms with Gasteiger partial charge < -0.3 is 4.42 Å². The lowest BCUT2D eigenvalue weighted by Crippen LogP contribution is -2.27. The Bertz CT molecular complexity index is 825. The smallest absolute Gasteiger partial charge is 0.293 e. The predicted molar refractivity (Wildman–Crippen MR) is 87.0 cm³/mol. The van der Waals surface area contributed by atoms with E-state index in [1.165, 1.54) is 24.3 Å². The monoisotopic (exact) mass is 329 g/mol. The van der Waals surface area contributed by atoms with E-state index in [1.54, 1.807) is 24.3 Å². The standard InChI is InChI=1S/C17H12FNO3S/c1-2-8-19-16(20)15(23-17(19)21)10-13-6-7-14(22-13)11-4-3-5-12(18)9-11/h2-7,9-10H,1,8H2/b15-10-. The van der Waals surface area contributed by atoms with Crippen LogP contribution in [-0.2, 0) is 4.79 Å². The molecule has 1 fully saturated rings. The quantitative estimate of drug-likeness (QED) is 0.619. The number of carbonyl (C=O) groups excluding carboxylic acids is 2. The number of rotatable bonds is 4. The summed E-state index contributed by atoms with van der Waals surface area (Å²) in [4.78, 5) is 25.3. The Morgan fingerprint density at radius 2 is 2.09 bits per heavy atom. The zero-order valence-electron chi connectivity index (χ0n) is 12.0. The van der Waals surface area contributed by atoms with Gasteiger partial charge in [-0.3, -0.25) is 14.5 Å². The van der Waals surface area contributed by atoms with Crippen molar-refractivity contribution < 1.29 is 18.4 Å². The second kappa shape index (κ2) is 6.26. The first-order valence-corrected chi connectivity index (χ1v) is 7.62. The van der Waals surface area contributed by atoms with Crippen LogP contribution in [0.3, 0.4) is 0 Å². The van der Waals surface area contributed by atoms with Gasteiger partial charge >= 0.3 is 0 Å². The van der Waals surface area contributed by atoms with Gasteiger partial charge in [-0.05, 0) is 36.0 Å². The zero-order valence-corrected chi connectivity index (χ0v) is 12.8. The molecule has 23 heavy (non-hydrogen) atoms. The minimum absolute atomic E-state index is 0.175. The summed E-state index contributed by atoms with van der Waals surface area (Å²) >= 11 is 0.855. The van der Waals surface area contributed by atoms with Gasteiger partial charge in [-0.2, -0.15) is 0 Å². The molecular weight excluding hydrogens is 317 g/mol. The topological polar surface area (TPSA) is 50.5 Å². The Morgan fingerprint density at radius 1 is 1.26 bits per heavy atom. The van der Waals surface area contributed by atoms with E-state index in [0.717, 1.165) is 16.7 Å². The molecule has 1 aliphatic rings. The third kappa shape index (κ3) is 3.12. The van der Waals surface area contributed by atoms with Crippen LogP contribution in [0.2, 0.25) is 0 Å². The van der Waals surface area contributed by atoms with Crippen molar-refractivity contribution in [1.29, 1.82) is 0 Å². The molecule has 0 N–H and O–H groups in total. The molecule has 116 valence electrons. The number of nitrogens with zero attached hydrogens (tertiary/aromatic N) is 1. The predicted octanol–water partition coefficient (Wildman–Crippen LogP) is 4.31. The van der Waals surface area contributed by atoms with Crippen molar-refractivity contribution in [3.63, 3.8) is 0 Å². The third-order valence-corrected chi connectivity index (χ3v) is 4.10. The van der Waals surface area contributed by atoms with Gasteiger partial charge in [-0.15, -0.1) is 6.58 Å². The van der Waals surface area contributed by atoms with Crippen molar-refractivity contribution in [3.8, 4) is 11.3 Å². The van der Waals surface area contributed by atoms with Gasteiger partial charge in [0.25, 0.3) is 11.1 Å². The second-order valence-corrected chi connectivity index (χ2v) is 5.79. The molecule has 0 atom stereocenters. The molecule has 1 aliphatic heterocycles.